The molecule has 92 valence electrons. The summed E-state index contributed by atoms with van der Waals surface area (Å²) in [6.07, 6.45) is 3.22. The lowest BCUT2D eigenvalue weighted by molar-refractivity contribution is -0.131. The largest absolute Gasteiger partial charge is 0.374 e. The first kappa shape index (κ1) is 12.1. The third-order valence-corrected chi connectivity index (χ3v) is 4.15. The highest BCUT2D eigenvalue weighted by Crippen LogP contribution is 2.47. The van der Waals surface area contributed by atoms with E-state index < -0.39 is 0 Å². The van der Waals surface area contributed by atoms with Gasteiger partial charge in [0.05, 0.1) is 18.2 Å². The summed E-state index contributed by atoms with van der Waals surface area (Å²) in [5.41, 5.74) is 5.63. The van der Waals surface area contributed by atoms with Gasteiger partial charge in [0.25, 0.3) is 0 Å². The molecular weight excluding hydrogens is 228 g/mol. The molecular formula is C11H19ClN2O2. The van der Waals surface area contributed by atoms with Crippen LogP contribution in [0.5, 0.6) is 0 Å². The van der Waals surface area contributed by atoms with Crippen LogP contribution >= 0.6 is 12.4 Å². The lowest BCUT2D eigenvalue weighted by Gasteiger charge is -2.20. The van der Waals surface area contributed by atoms with Crippen molar-refractivity contribution < 1.29 is 9.53 Å². The van der Waals surface area contributed by atoms with Crippen LogP contribution in [0.15, 0.2) is 0 Å². The number of hydrogen-bond acceptors (Lipinski definition) is 3. The maximum Gasteiger partial charge on any atom is 0.239 e. The van der Waals surface area contributed by atoms with Crippen molar-refractivity contribution in [1.82, 2.24) is 4.90 Å². The summed E-state index contributed by atoms with van der Waals surface area (Å²) in [5.74, 6) is 1.28. The summed E-state index contributed by atoms with van der Waals surface area (Å²) in [6.45, 7) is 3.50. The van der Waals surface area contributed by atoms with E-state index in [-0.39, 0.29) is 24.4 Å². The van der Waals surface area contributed by atoms with Gasteiger partial charge in [0.1, 0.15) is 0 Å². The summed E-state index contributed by atoms with van der Waals surface area (Å²) in [6, 6.07) is -0.359. The molecule has 3 fully saturated rings. The Morgan fingerprint density at radius 2 is 1.81 bits per heavy atom. The summed E-state index contributed by atoms with van der Waals surface area (Å²) in [5, 5.41) is 0. The zero-order chi connectivity index (χ0) is 10.6. The van der Waals surface area contributed by atoms with Crippen LogP contribution in [-0.2, 0) is 9.53 Å². The van der Waals surface area contributed by atoms with E-state index in [1.165, 1.54) is 12.8 Å². The fraction of sp³-hybridized carbons (Fsp3) is 0.909. The van der Waals surface area contributed by atoms with Gasteiger partial charge in [0.2, 0.25) is 5.91 Å². The molecule has 0 saturated carbocycles. The molecule has 4 unspecified atom stereocenters. The fourth-order valence-corrected chi connectivity index (χ4v) is 3.43. The number of halogens is 1. The Kier molecular flexibility index (Phi) is 3.16. The van der Waals surface area contributed by atoms with Crippen molar-refractivity contribution in [3.63, 3.8) is 0 Å². The molecule has 0 aromatic rings. The molecule has 2 bridgehead atoms. The zero-order valence-corrected chi connectivity index (χ0v) is 10.3. The maximum absolute atomic E-state index is 11.8. The van der Waals surface area contributed by atoms with Gasteiger partial charge in [0.15, 0.2) is 0 Å². The van der Waals surface area contributed by atoms with Gasteiger partial charge in [-0.3, -0.25) is 4.79 Å². The molecule has 0 radical (unpaired) electrons. The minimum atomic E-state index is -0.359. The number of amides is 1. The Morgan fingerprint density at radius 3 is 2.25 bits per heavy atom. The lowest BCUT2D eigenvalue weighted by atomic mass is 9.82. The van der Waals surface area contributed by atoms with Crippen LogP contribution in [0, 0.1) is 11.8 Å². The van der Waals surface area contributed by atoms with Crippen LogP contribution in [0.4, 0.5) is 0 Å². The monoisotopic (exact) mass is 246 g/mol. The molecule has 3 rings (SSSR count). The molecule has 4 nitrogen and oxygen atoms in total. The van der Waals surface area contributed by atoms with E-state index in [0.29, 0.717) is 24.0 Å². The molecule has 0 aromatic heterocycles. The molecule has 16 heavy (non-hydrogen) atoms. The third-order valence-electron chi connectivity index (χ3n) is 4.15. The lowest BCUT2D eigenvalue weighted by Crippen LogP contribution is -2.41. The first-order valence-corrected chi connectivity index (χ1v) is 5.86. The van der Waals surface area contributed by atoms with Crippen LogP contribution in [0.3, 0.4) is 0 Å². The SMILES string of the molecule is C[C@@H](N)C(=O)N1CC2C3CCC(O3)C2C1.Cl. The van der Waals surface area contributed by atoms with E-state index in [0.717, 1.165) is 13.1 Å². The number of fused-ring (bicyclic) bond motifs is 5. The number of nitrogens with zero attached hydrogens (tertiary/aromatic N) is 1. The van der Waals surface area contributed by atoms with Gasteiger partial charge in [-0.05, 0) is 19.8 Å². The highest BCUT2D eigenvalue weighted by atomic mass is 35.5. The highest BCUT2D eigenvalue weighted by Gasteiger charge is 2.53. The van der Waals surface area contributed by atoms with Gasteiger partial charge in [0, 0.05) is 24.9 Å². The van der Waals surface area contributed by atoms with Crippen LogP contribution in [0.25, 0.3) is 0 Å². The first-order chi connectivity index (χ1) is 7.16. The summed E-state index contributed by atoms with van der Waals surface area (Å²) < 4.78 is 5.86. The molecule has 3 heterocycles. The second-order valence-electron chi connectivity index (χ2n) is 5.15. The fourth-order valence-electron chi connectivity index (χ4n) is 3.43. The Morgan fingerprint density at radius 1 is 1.31 bits per heavy atom. The van der Waals surface area contributed by atoms with Crippen molar-refractivity contribution in [2.75, 3.05) is 13.1 Å². The number of carbonyl (C=O) groups is 1. The van der Waals surface area contributed by atoms with Gasteiger partial charge in [-0.1, -0.05) is 0 Å². The van der Waals surface area contributed by atoms with Crippen molar-refractivity contribution in [3.8, 4) is 0 Å². The number of nitrogens with two attached hydrogens (primary N) is 1. The molecule has 5 heteroatoms. The smallest absolute Gasteiger partial charge is 0.239 e. The van der Waals surface area contributed by atoms with Crippen LogP contribution in [-0.4, -0.2) is 42.1 Å². The predicted molar refractivity (Wildman–Crippen MR) is 62.4 cm³/mol. The average Bonchev–Trinajstić information content (AvgIpc) is 2.87. The summed E-state index contributed by atoms with van der Waals surface area (Å²) >= 11 is 0. The molecule has 5 atom stereocenters. The number of ether oxygens (including phenoxy) is 1. The number of carbonyl (C=O) groups excluding carboxylic acids is 1. The second kappa shape index (κ2) is 4.17. The number of rotatable bonds is 1. The van der Waals surface area contributed by atoms with Gasteiger partial charge in [-0.15, -0.1) is 12.4 Å². The Labute approximate surface area is 102 Å². The van der Waals surface area contributed by atoms with Gasteiger partial charge >= 0.3 is 0 Å². The van der Waals surface area contributed by atoms with E-state index in [9.17, 15) is 4.79 Å². The molecule has 0 aromatic carbocycles. The van der Waals surface area contributed by atoms with Crippen molar-refractivity contribution in [1.29, 1.82) is 0 Å². The molecule has 3 aliphatic heterocycles. The van der Waals surface area contributed by atoms with Crippen molar-refractivity contribution in [2.24, 2.45) is 17.6 Å². The van der Waals surface area contributed by atoms with Crippen molar-refractivity contribution in [3.05, 3.63) is 0 Å². The van der Waals surface area contributed by atoms with E-state index in [2.05, 4.69) is 0 Å². The Balaban J connectivity index is 0.000000963. The van der Waals surface area contributed by atoms with Gasteiger partial charge in [-0.25, -0.2) is 0 Å². The van der Waals surface area contributed by atoms with Gasteiger partial charge in [-0.2, -0.15) is 0 Å². The second-order valence-corrected chi connectivity index (χ2v) is 5.15. The standard InChI is InChI=1S/C11H18N2O2.ClH/c1-6(12)11(14)13-4-7-8(5-13)10-3-2-9(7)15-10;/h6-10H,2-5,12H2,1H3;1H/t6-,7?,8?,9?,10?;/m1./s1. The Bertz CT molecular complexity index is 280. The normalized spacial score (nSPS) is 41.8. The van der Waals surface area contributed by atoms with Crippen LogP contribution in [0.2, 0.25) is 0 Å². The van der Waals surface area contributed by atoms with Crippen LogP contribution < -0.4 is 5.73 Å². The number of hydrogen-bond donors (Lipinski definition) is 1. The van der Waals surface area contributed by atoms with Crippen molar-refractivity contribution in [2.45, 2.75) is 38.0 Å². The van der Waals surface area contributed by atoms with Gasteiger partial charge < -0.3 is 15.4 Å². The zero-order valence-electron chi connectivity index (χ0n) is 9.46. The topological polar surface area (TPSA) is 55.6 Å². The third kappa shape index (κ3) is 1.63. The minimum absolute atomic E-state index is 0. The molecule has 3 saturated heterocycles. The van der Waals surface area contributed by atoms with E-state index >= 15 is 0 Å². The number of likely N-dealkylation sites (tertiary alicyclic amines) is 1. The maximum atomic E-state index is 11.8. The predicted octanol–water partition coefficient (Wildman–Crippen LogP) is 0.391. The molecule has 0 spiro atoms. The van der Waals surface area contributed by atoms with E-state index in [1.54, 1.807) is 6.92 Å². The summed E-state index contributed by atoms with van der Waals surface area (Å²) in [7, 11) is 0. The molecule has 3 aliphatic rings. The quantitative estimate of drug-likeness (QED) is 0.728. The molecule has 2 N–H and O–H groups in total. The highest BCUT2D eigenvalue weighted by molar-refractivity contribution is 5.85. The first-order valence-electron chi connectivity index (χ1n) is 5.86. The Hall–Kier alpha value is -0.320. The summed E-state index contributed by atoms with van der Waals surface area (Å²) in [4.78, 5) is 13.7. The minimum Gasteiger partial charge on any atom is -0.374 e. The molecule has 1 amide bonds. The van der Waals surface area contributed by atoms with Crippen molar-refractivity contribution >= 4 is 18.3 Å². The van der Waals surface area contributed by atoms with Crippen LogP contribution in [0.1, 0.15) is 19.8 Å². The van der Waals surface area contributed by atoms with E-state index in [1.807, 2.05) is 4.90 Å². The molecule has 0 aliphatic carbocycles. The van der Waals surface area contributed by atoms with E-state index in [4.69, 9.17) is 10.5 Å². The average molecular weight is 247 g/mol.